The molecule has 2 aromatic rings. The van der Waals surface area contributed by atoms with Crippen molar-refractivity contribution in [1.82, 2.24) is 0 Å². The second-order valence-corrected chi connectivity index (χ2v) is 5.60. The fraction of sp³-hybridized carbons (Fsp3) is 0.278. The molecule has 22 heavy (non-hydrogen) atoms. The van der Waals surface area contributed by atoms with E-state index in [4.69, 9.17) is 16.3 Å². The van der Waals surface area contributed by atoms with Crippen LogP contribution in [-0.2, 0) is 11.2 Å². The Kier molecular flexibility index (Phi) is 5.45. The zero-order chi connectivity index (χ0) is 16.1. The number of anilines is 1. The summed E-state index contributed by atoms with van der Waals surface area (Å²) < 4.78 is 5.54. The van der Waals surface area contributed by atoms with Crippen molar-refractivity contribution in [2.24, 2.45) is 0 Å². The largest absolute Gasteiger partial charge is 0.484 e. The predicted molar refractivity (Wildman–Crippen MR) is 90.9 cm³/mol. The van der Waals surface area contributed by atoms with Gasteiger partial charge in [-0.05, 0) is 61.2 Å². The number of amides is 1. The molecule has 4 heteroatoms. The van der Waals surface area contributed by atoms with Crippen molar-refractivity contribution >= 4 is 23.2 Å². The summed E-state index contributed by atoms with van der Waals surface area (Å²) in [5.41, 5.74) is 4.03. The summed E-state index contributed by atoms with van der Waals surface area (Å²) >= 11 is 6.06. The van der Waals surface area contributed by atoms with Crippen molar-refractivity contribution in [1.29, 1.82) is 0 Å². The zero-order valence-corrected chi connectivity index (χ0v) is 13.8. The Labute approximate surface area is 136 Å². The van der Waals surface area contributed by atoms with Crippen molar-refractivity contribution in [3.8, 4) is 5.75 Å². The summed E-state index contributed by atoms with van der Waals surface area (Å²) in [6.45, 7) is 6.00. The minimum absolute atomic E-state index is 0.0296. The summed E-state index contributed by atoms with van der Waals surface area (Å²) in [6, 6.07) is 11.3. The average molecular weight is 318 g/mol. The van der Waals surface area contributed by atoms with Crippen LogP contribution in [0.1, 0.15) is 23.6 Å². The lowest BCUT2D eigenvalue weighted by Crippen LogP contribution is -2.20. The maximum absolute atomic E-state index is 12.0. The number of aryl methyl sites for hydroxylation is 2. The minimum Gasteiger partial charge on any atom is -0.484 e. The van der Waals surface area contributed by atoms with Gasteiger partial charge in [-0.15, -0.1) is 0 Å². The summed E-state index contributed by atoms with van der Waals surface area (Å²) in [7, 11) is 0. The first kappa shape index (κ1) is 16.4. The fourth-order valence-electron chi connectivity index (χ4n) is 2.13. The Balaban J connectivity index is 1.97. The number of halogens is 1. The van der Waals surface area contributed by atoms with Gasteiger partial charge in [-0.2, -0.15) is 0 Å². The third kappa shape index (κ3) is 4.01. The quantitative estimate of drug-likeness (QED) is 0.879. The van der Waals surface area contributed by atoms with E-state index in [9.17, 15) is 4.79 Å². The van der Waals surface area contributed by atoms with Gasteiger partial charge < -0.3 is 10.1 Å². The van der Waals surface area contributed by atoms with E-state index >= 15 is 0 Å². The molecule has 0 bridgehead atoms. The normalized spacial score (nSPS) is 10.4. The highest BCUT2D eigenvalue weighted by molar-refractivity contribution is 6.31. The fourth-order valence-corrected chi connectivity index (χ4v) is 2.38. The SMILES string of the molecule is CCc1cc(OCC(=O)Nc2cccc(C)c2C)ccc1Cl. The Morgan fingerprint density at radius 1 is 1.23 bits per heavy atom. The Hall–Kier alpha value is -2.00. The highest BCUT2D eigenvalue weighted by Crippen LogP contribution is 2.22. The average Bonchev–Trinajstić information content (AvgIpc) is 2.51. The summed E-state index contributed by atoms with van der Waals surface area (Å²) in [5.74, 6) is 0.471. The lowest BCUT2D eigenvalue weighted by atomic mass is 10.1. The van der Waals surface area contributed by atoms with Gasteiger partial charge in [-0.25, -0.2) is 0 Å². The third-order valence-electron chi connectivity index (χ3n) is 3.65. The van der Waals surface area contributed by atoms with Crippen LogP contribution in [0.2, 0.25) is 5.02 Å². The molecule has 0 spiro atoms. The number of nitrogens with one attached hydrogen (secondary N) is 1. The molecule has 0 saturated heterocycles. The smallest absolute Gasteiger partial charge is 0.262 e. The number of carbonyl (C=O) groups is 1. The van der Waals surface area contributed by atoms with Crippen LogP contribution in [0.5, 0.6) is 5.75 Å². The molecular weight excluding hydrogens is 298 g/mol. The first-order chi connectivity index (χ1) is 10.5. The number of hydrogen-bond donors (Lipinski definition) is 1. The number of rotatable bonds is 5. The van der Waals surface area contributed by atoms with Crippen LogP contribution in [0.25, 0.3) is 0 Å². The molecule has 0 aromatic heterocycles. The highest BCUT2D eigenvalue weighted by Gasteiger charge is 2.08. The molecule has 116 valence electrons. The van der Waals surface area contributed by atoms with Crippen LogP contribution < -0.4 is 10.1 Å². The first-order valence-corrected chi connectivity index (χ1v) is 7.66. The maximum Gasteiger partial charge on any atom is 0.262 e. The van der Waals surface area contributed by atoms with Gasteiger partial charge in [0.1, 0.15) is 5.75 Å². The second kappa shape index (κ2) is 7.32. The Morgan fingerprint density at radius 3 is 2.73 bits per heavy atom. The van der Waals surface area contributed by atoms with Crippen molar-refractivity contribution in [2.45, 2.75) is 27.2 Å². The standard InChI is InChI=1S/C18H20ClNO2/c1-4-14-10-15(8-9-16(14)19)22-11-18(21)20-17-7-5-6-12(2)13(17)3/h5-10H,4,11H2,1-3H3,(H,20,21). The van der Waals surface area contributed by atoms with E-state index in [1.807, 2.05) is 45.0 Å². The lowest BCUT2D eigenvalue weighted by Gasteiger charge is -2.12. The van der Waals surface area contributed by atoms with Crippen molar-refractivity contribution in [3.63, 3.8) is 0 Å². The van der Waals surface area contributed by atoms with Gasteiger partial charge in [0, 0.05) is 10.7 Å². The van der Waals surface area contributed by atoms with Gasteiger partial charge in [-0.1, -0.05) is 30.7 Å². The van der Waals surface area contributed by atoms with Crippen LogP contribution in [0.15, 0.2) is 36.4 Å². The van der Waals surface area contributed by atoms with E-state index in [2.05, 4.69) is 5.32 Å². The lowest BCUT2D eigenvalue weighted by molar-refractivity contribution is -0.118. The molecule has 0 unspecified atom stereocenters. The molecule has 0 aliphatic rings. The molecule has 2 aromatic carbocycles. The van der Waals surface area contributed by atoms with Crippen LogP contribution in [0, 0.1) is 13.8 Å². The van der Waals surface area contributed by atoms with Crippen molar-refractivity contribution in [3.05, 3.63) is 58.1 Å². The molecule has 0 saturated carbocycles. The van der Waals surface area contributed by atoms with E-state index in [1.54, 1.807) is 12.1 Å². The van der Waals surface area contributed by atoms with Gasteiger partial charge in [0.25, 0.3) is 5.91 Å². The van der Waals surface area contributed by atoms with E-state index < -0.39 is 0 Å². The second-order valence-electron chi connectivity index (χ2n) is 5.19. The van der Waals surface area contributed by atoms with Gasteiger partial charge >= 0.3 is 0 Å². The van der Waals surface area contributed by atoms with Crippen LogP contribution >= 0.6 is 11.6 Å². The maximum atomic E-state index is 12.0. The summed E-state index contributed by atoms with van der Waals surface area (Å²) in [4.78, 5) is 12.0. The first-order valence-electron chi connectivity index (χ1n) is 7.28. The molecular formula is C18H20ClNO2. The van der Waals surface area contributed by atoms with Crippen LogP contribution in [0.4, 0.5) is 5.69 Å². The summed E-state index contributed by atoms with van der Waals surface area (Å²) in [5, 5.41) is 3.59. The van der Waals surface area contributed by atoms with Crippen LogP contribution in [-0.4, -0.2) is 12.5 Å². The van der Waals surface area contributed by atoms with Gasteiger partial charge in [0.15, 0.2) is 6.61 Å². The minimum atomic E-state index is -0.179. The van der Waals surface area contributed by atoms with Crippen molar-refractivity contribution in [2.75, 3.05) is 11.9 Å². The van der Waals surface area contributed by atoms with E-state index in [-0.39, 0.29) is 12.5 Å². The molecule has 1 amide bonds. The topological polar surface area (TPSA) is 38.3 Å². The number of carbonyl (C=O) groups excluding carboxylic acids is 1. The predicted octanol–water partition coefficient (Wildman–Crippen LogP) is 4.54. The Bertz CT molecular complexity index is 683. The third-order valence-corrected chi connectivity index (χ3v) is 4.02. The number of hydrogen-bond acceptors (Lipinski definition) is 2. The monoisotopic (exact) mass is 317 g/mol. The van der Waals surface area contributed by atoms with Gasteiger partial charge in [0.05, 0.1) is 0 Å². The molecule has 3 nitrogen and oxygen atoms in total. The van der Waals surface area contributed by atoms with E-state index in [1.165, 1.54) is 0 Å². The molecule has 0 radical (unpaired) electrons. The molecule has 1 N–H and O–H groups in total. The number of benzene rings is 2. The molecule has 0 aliphatic carbocycles. The van der Waals surface area contributed by atoms with Crippen LogP contribution in [0.3, 0.4) is 0 Å². The molecule has 0 fully saturated rings. The number of ether oxygens (including phenoxy) is 1. The summed E-state index contributed by atoms with van der Waals surface area (Å²) in [6.07, 6.45) is 0.824. The van der Waals surface area contributed by atoms with E-state index in [0.717, 1.165) is 33.8 Å². The Morgan fingerprint density at radius 2 is 2.00 bits per heavy atom. The van der Waals surface area contributed by atoms with E-state index in [0.29, 0.717) is 5.75 Å². The molecule has 2 rings (SSSR count). The zero-order valence-electron chi connectivity index (χ0n) is 13.1. The van der Waals surface area contributed by atoms with Gasteiger partial charge in [0.2, 0.25) is 0 Å². The highest BCUT2D eigenvalue weighted by atomic mass is 35.5. The van der Waals surface area contributed by atoms with Gasteiger partial charge in [-0.3, -0.25) is 4.79 Å². The van der Waals surface area contributed by atoms with Crippen molar-refractivity contribution < 1.29 is 9.53 Å². The molecule has 0 atom stereocenters. The molecule has 0 aliphatic heterocycles. The molecule has 0 heterocycles.